The van der Waals surface area contributed by atoms with Gasteiger partial charge >= 0.3 is 0 Å². The number of fused-ring (bicyclic) bond motifs is 3. The van der Waals surface area contributed by atoms with Crippen molar-refractivity contribution in [3.8, 4) is 17.1 Å². The van der Waals surface area contributed by atoms with Crippen LogP contribution in [0.25, 0.3) is 11.3 Å². The van der Waals surface area contributed by atoms with Crippen LogP contribution < -0.4 is 4.74 Å². The van der Waals surface area contributed by atoms with Gasteiger partial charge in [-0.3, -0.25) is 4.68 Å². The minimum absolute atomic E-state index is 0.562. The summed E-state index contributed by atoms with van der Waals surface area (Å²) < 4.78 is 7.45. The second kappa shape index (κ2) is 2.82. The van der Waals surface area contributed by atoms with Gasteiger partial charge in [-0.15, -0.1) is 0 Å². The lowest BCUT2D eigenvalue weighted by Gasteiger charge is -2.17. The molecule has 0 spiro atoms. The van der Waals surface area contributed by atoms with Gasteiger partial charge in [0.25, 0.3) is 0 Å². The summed E-state index contributed by atoms with van der Waals surface area (Å²) in [6, 6.07) is 4.03. The second-order valence-corrected chi connectivity index (χ2v) is 3.74. The summed E-state index contributed by atoms with van der Waals surface area (Å²) in [6.45, 7) is 2.52. The van der Waals surface area contributed by atoms with Gasteiger partial charge in [0.15, 0.2) is 0 Å². The van der Waals surface area contributed by atoms with Crippen LogP contribution in [0.15, 0.2) is 18.3 Å². The molecule has 0 saturated carbocycles. The van der Waals surface area contributed by atoms with E-state index in [1.807, 2.05) is 37.0 Å². The van der Waals surface area contributed by atoms with Crippen LogP contribution >= 0.6 is 0 Å². The Hall–Kier alpha value is -1.84. The molecule has 0 amide bonds. The summed E-state index contributed by atoms with van der Waals surface area (Å²) >= 11 is 0. The van der Waals surface area contributed by atoms with Crippen molar-refractivity contribution >= 4 is 0 Å². The van der Waals surface area contributed by atoms with Gasteiger partial charge in [-0.2, -0.15) is 5.10 Å². The van der Waals surface area contributed by atoms with E-state index in [1.165, 1.54) is 0 Å². The SMILES string of the molecule is Cc1ccc2c(n1)OCc1cnn(C)c1-2. The monoisotopic (exact) mass is 201 g/mol. The van der Waals surface area contributed by atoms with Crippen LogP contribution in [0.4, 0.5) is 0 Å². The highest BCUT2D eigenvalue weighted by Gasteiger charge is 2.21. The van der Waals surface area contributed by atoms with E-state index in [0.29, 0.717) is 12.5 Å². The minimum atomic E-state index is 0.562. The molecule has 15 heavy (non-hydrogen) atoms. The molecule has 0 aromatic carbocycles. The molecule has 2 aromatic heterocycles. The van der Waals surface area contributed by atoms with Gasteiger partial charge < -0.3 is 4.74 Å². The first-order valence-corrected chi connectivity index (χ1v) is 4.87. The van der Waals surface area contributed by atoms with Crippen molar-refractivity contribution in [2.45, 2.75) is 13.5 Å². The fraction of sp³-hybridized carbons (Fsp3) is 0.273. The molecule has 0 saturated heterocycles. The fourth-order valence-corrected chi connectivity index (χ4v) is 1.91. The van der Waals surface area contributed by atoms with Gasteiger partial charge in [0.1, 0.15) is 6.61 Å². The van der Waals surface area contributed by atoms with Crippen molar-refractivity contribution < 1.29 is 4.74 Å². The molecule has 4 nitrogen and oxygen atoms in total. The van der Waals surface area contributed by atoms with Crippen molar-refractivity contribution in [2.75, 3.05) is 0 Å². The summed E-state index contributed by atoms with van der Waals surface area (Å²) in [5, 5.41) is 4.23. The van der Waals surface area contributed by atoms with Crippen LogP contribution in [0.2, 0.25) is 0 Å². The lowest BCUT2D eigenvalue weighted by Crippen LogP contribution is -2.08. The Morgan fingerprint density at radius 2 is 2.27 bits per heavy atom. The maximum absolute atomic E-state index is 5.58. The highest BCUT2D eigenvalue weighted by molar-refractivity contribution is 5.70. The molecule has 0 aliphatic carbocycles. The van der Waals surface area contributed by atoms with E-state index in [1.54, 1.807) is 0 Å². The molecule has 76 valence electrons. The van der Waals surface area contributed by atoms with E-state index in [2.05, 4.69) is 10.1 Å². The lowest BCUT2D eigenvalue weighted by molar-refractivity contribution is 0.289. The Morgan fingerprint density at radius 3 is 3.13 bits per heavy atom. The average molecular weight is 201 g/mol. The van der Waals surface area contributed by atoms with Crippen LogP contribution in [0.5, 0.6) is 5.88 Å². The molecular weight excluding hydrogens is 190 g/mol. The molecule has 1 aliphatic rings. The van der Waals surface area contributed by atoms with Crippen molar-refractivity contribution in [1.82, 2.24) is 14.8 Å². The van der Waals surface area contributed by atoms with E-state index < -0.39 is 0 Å². The van der Waals surface area contributed by atoms with E-state index >= 15 is 0 Å². The first-order chi connectivity index (χ1) is 7.25. The number of aryl methyl sites for hydroxylation is 2. The lowest BCUT2D eigenvalue weighted by atomic mass is 10.1. The highest BCUT2D eigenvalue weighted by Crippen LogP contribution is 2.35. The Morgan fingerprint density at radius 1 is 1.40 bits per heavy atom. The van der Waals surface area contributed by atoms with E-state index in [-0.39, 0.29) is 0 Å². The average Bonchev–Trinajstić information content (AvgIpc) is 2.60. The molecule has 0 unspecified atom stereocenters. The molecule has 4 heteroatoms. The zero-order valence-corrected chi connectivity index (χ0v) is 8.69. The molecule has 1 aliphatic heterocycles. The van der Waals surface area contributed by atoms with E-state index in [4.69, 9.17) is 4.74 Å². The minimum Gasteiger partial charge on any atom is -0.472 e. The van der Waals surface area contributed by atoms with Crippen molar-refractivity contribution in [3.63, 3.8) is 0 Å². The summed E-state index contributed by atoms with van der Waals surface area (Å²) in [4.78, 5) is 4.37. The normalized spacial score (nSPS) is 12.9. The van der Waals surface area contributed by atoms with Gasteiger partial charge in [0.2, 0.25) is 5.88 Å². The molecule has 2 aromatic rings. The standard InChI is InChI=1S/C11H11N3O/c1-7-3-4-9-10-8(5-12-14(10)2)6-15-11(9)13-7/h3-5H,6H2,1-2H3. The summed E-state index contributed by atoms with van der Waals surface area (Å²) in [6.07, 6.45) is 1.85. The summed E-state index contributed by atoms with van der Waals surface area (Å²) in [7, 11) is 1.94. The smallest absolute Gasteiger partial charge is 0.223 e. The first kappa shape index (κ1) is 8.47. The molecule has 0 N–H and O–H groups in total. The first-order valence-electron chi connectivity index (χ1n) is 4.87. The number of nitrogens with zero attached hydrogens (tertiary/aromatic N) is 3. The predicted molar refractivity (Wildman–Crippen MR) is 55.5 cm³/mol. The Bertz CT molecular complexity index is 531. The van der Waals surface area contributed by atoms with Crippen LogP contribution in [0.1, 0.15) is 11.3 Å². The molecule has 0 atom stereocenters. The van der Waals surface area contributed by atoms with Gasteiger partial charge in [-0.05, 0) is 19.1 Å². The second-order valence-electron chi connectivity index (χ2n) is 3.74. The molecular formula is C11H11N3O. The Kier molecular flexibility index (Phi) is 1.59. The third-order valence-corrected chi connectivity index (χ3v) is 2.63. The number of pyridine rings is 1. The van der Waals surface area contributed by atoms with E-state index in [0.717, 1.165) is 22.5 Å². The van der Waals surface area contributed by atoms with Gasteiger partial charge in [0.05, 0.1) is 17.5 Å². The quantitative estimate of drug-likeness (QED) is 0.651. The summed E-state index contributed by atoms with van der Waals surface area (Å²) in [5.74, 6) is 0.714. The number of hydrogen-bond donors (Lipinski definition) is 0. The fourth-order valence-electron chi connectivity index (χ4n) is 1.91. The third-order valence-electron chi connectivity index (χ3n) is 2.63. The number of ether oxygens (including phenoxy) is 1. The third kappa shape index (κ3) is 1.14. The largest absolute Gasteiger partial charge is 0.472 e. The number of rotatable bonds is 0. The molecule has 0 radical (unpaired) electrons. The highest BCUT2D eigenvalue weighted by atomic mass is 16.5. The Balaban J connectivity index is 2.29. The zero-order chi connectivity index (χ0) is 10.4. The van der Waals surface area contributed by atoms with Gasteiger partial charge in [0, 0.05) is 18.3 Å². The van der Waals surface area contributed by atoms with Crippen molar-refractivity contribution in [3.05, 3.63) is 29.6 Å². The maximum Gasteiger partial charge on any atom is 0.223 e. The summed E-state index contributed by atoms with van der Waals surface area (Å²) in [5.41, 5.74) is 4.24. The molecule has 3 heterocycles. The molecule has 0 bridgehead atoms. The van der Waals surface area contributed by atoms with E-state index in [9.17, 15) is 0 Å². The van der Waals surface area contributed by atoms with Crippen LogP contribution in [-0.4, -0.2) is 14.8 Å². The number of hydrogen-bond acceptors (Lipinski definition) is 3. The number of aromatic nitrogens is 3. The maximum atomic E-state index is 5.58. The van der Waals surface area contributed by atoms with Gasteiger partial charge in [-0.1, -0.05) is 0 Å². The topological polar surface area (TPSA) is 39.9 Å². The van der Waals surface area contributed by atoms with Gasteiger partial charge in [-0.25, -0.2) is 4.98 Å². The molecule has 3 rings (SSSR count). The Labute approximate surface area is 87.5 Å². The predicted octanol–water partition coefficient (Wildman–Crippen LogP) is 1.68. The van der Waals surface area contributed by atoms with Crippen LogP contribution in [0, 0.1) is 6.92 Å². The van der Waals surface area contributed by atoms with Crippen molar-refractivity contribution in [1.29, 1.82) is 0 Å². The van der Waals surface area contributed by atoms with Crippen molar-refractivity contribution in [2.24, 2.45) is 7.05 Å². The van der Waals surface area contributed by atoms with Crippen LogP contribution in [-0.2, 0) is 13.7 Å². The van der Waals surface area contributed by atoms with Crippen LogP contribution in [0.3, 0.4) is 0 Å². The molecule has 0 fully saturated rings. The zero-order valence-electron chi connectivity index (χ0n) is 8.69.